The van der Waals surface area contributed by atoms with Crippen LogP contribution in [-0.4, -0.2) is 35.7 Å². The number of rotatable bonds is 6. The number of aromatic nitrogens is 3. The van der Waals surface area contributed by atoms with E-state index in [9.17, 15) is 0 Å². The third-order valence-corrected chi connectivity index (χ3v) is 4.43. The summed E-state index contributed by atoms with van der Waals surface area (Å²) >= 11 is 0. The Labute approximate surface area is 151 Å². The molecular weight excluding hydrogens is 328 g/mol. The Kier molecular flexibility index (Phi) is 4.31. The van der Waals surface area contributed by atoms with E-state index in [4.69, 9.17) is 9.47 Å². The van der Waals surface area contributed by atoms with Gasteiger partial charge in [0, 0.05) is 18.0 Å². The fourth-order valence-corrected chi connectivity index (χ4v) is 3.13. The summed E-state index contributed by atoms with van der Waals surface area (Å²) in [5.41, 5.74) is 3.96. The predicted octanol–water partition coefficient (Wildman–Crippen LogP) is 3.78. The first-order valence-corrected chi connectivity index (χ1v) is 8.46. The minimum Gasteiger partial charge on any atom is -0.493 e. The molecule has 0 aliphatic carbocycles. The number of fused-ring (bicyclic) bond motifs is 3. The number of hydrogen-bond acceptors (Lipinski definition) is 5. The molecule has 2 N–H and O–H groups in total. The van der Waals surface area contributed by atoms with Gasteiger partial charge in [-0.05, 0) is 18.1 Å². The lowest BCUT2D eigenvalue weighted by molar-refractivity contribution is 0.356. The quantitative estimate of drug-likeness (QED) is 0.555. The van der Waals surface area contributed by atoms with Crippen LogP contribution < -0.4 is 14.8 Å². The fourth-order valence-electron chi connectivity index (χ4n) is 3.13. The van der Waals surface area contributed by atoms with Crippen LogP contribution in [0.4, 0.5) is 5.82 Å². The molecule has 0 aliphatic rings. The SMILES string of the molecule is COc1cc2[nH]c3c(NCCc4ccccc4)ncnc3c2cc1OC. The smallest absolute Gasteiger partial charge is 0.162 e. The van der Waals surface area contributed by atoms with E-state index < -0.39 is 0 Å². The average molecular weight is 348 g/mol. The Hall–Kier alpha value is -3.28. The molecule has 0 fully saturated rings. The zero-order valence-corrected chi connectivity index (χ0v) is 14.7. The monoisotopic (exact) mass is 348 g/mol. The van der Waals surface area contributed by atoms with E-state index in [-0.39, 0.29) is 0 Å². The first-order chi connectivity index (χ1) is 12.8. The topological polar surface area (TPSA) is 72.1 Å². The molecule has 0 spiro atoms. The highest BCUT2D eigenvalue weighted by Gasteiger charge is 2.14. The van der Waals surface area contributed by atoms with Gasteiger partial charge >= 0.3 is 0 Å². The number of H-pyrrole nitrogens is 1. The van der Waals surface area contributed by atoms with E-state index in [2.05, 4.69) is 44.5 Å². The summed E-state index contributed by atoms with van der Waals surface area (Å²) in [6.45, 7) is 0.790. The van der Waals surface area contributed by atoms with Crippen LogP contribution in [0.15, 0.2) is 48.8 Å². The Morgan fingerprint density at radius 2 is 1.77 bits per heavy atom. The van der Waals surface area contributed by atoms with E-state index in [1.54, 1.807) is 20.5 Å². The van der Waals surface area contributed by atoms with E-state index >= 15 is 0 Å². The number of hydrogen-bond donors (Lipinski definition) is 2. The highest BCUT2D eigenvalue weighted by molar-refractivity contribution is 6.09. The highest BCUT2D eigenvalue weighted by Crippen LogP contribution is 2.36. The van der Waals surface area contributed by atoms with Crippen molar-refractivity contribution in [1.29, 1.82) is 0 Å². The number of ether oxygens (including phenoxy) is 2. The molecule has 4 rings (SSSR count). The second-order valence-corrected chi connectivity index (χ2v) is 5.99. The molecule has 0 aliphatic heterocycles. The third-order valence-electron chi connectivity index (χ3n) is 4.43. The van der Waals surface area contributed by atoms with Crippen LogP contribution in [0.1, 0.15) is 5.56 Å². The van der Waals surface area contributed by atoms with E-state index in [0.29, 0.717) is 11.5 Å². The molecule has 2 heterocycles. The molecule has 0 atom stereocenters. The van der Waals surface area contributed by atoms with Crippen molar-refractivity contribution < 1.29 is 9.47 Å². The highest BCUT2D eigenvalue weighted by atomic mass is 16.5. The molecule has 2 aromatic heterocycles. The van der Waals surface area contributed by atoms with Gasteiger partial charge in [-0.25, -0.2) is 9.97 Å². The summed E-state index contributed by atoms with van der Waals surface area (Å²) in [4.78, 5) is 12.2. The van der Waals surface area contributed by atoms with Gasteiger partial charge in [0.05, 0.1) is 19.7 Å². The number of aromatic amines is 1. The van der Waals surface area contributed by atoms with Crippen molar-refractivity contribution in [1.82, 2.24) is 15.0 Å². The summed E-state index contributed by atoms with van der Waals surface area (Å²) < 4.78 is 10.8. The van der Waals surface area contributed by atoms with Gasteiger partial charge in [-0.2, -0.15) is 0 Å². The molecule has 0 amide bonds. The Morgan fingerprint density at radius 3 is 2.54 bits per heavy atom. The van der Waals surface area contributed by atoms with E-state index in [1.165, 1.54) is 5.56 Å². The van der Waals surface area contributed by atoms with Crippen LogP contribution in [0.3, 0.4) is 0 Å². The summed E-state index contributed by atoms with van der Waals surface area (Å²) in [5, 5.41) is 4.39. The predicted molar refractivity (Wildman–Crippen MR) is 103 cm³/mol. The summed E-state index contributed by atoms with van der Waals surface area (Å²) in [6.07, 6.45) is 2.51. The number of nitrogens with one attached hydrogen (secondary N) is 2. The lowest BCUT2D eigenvalue weighted by atomic mass is 10.1. The van der Waals surface area contributed by atoms with Gasteiger partial charge in [-0.1, -0.05) is 30.3 Å². The van der Waals surface area contributed by atoms with Crippen LogP contribution in [0.2, 0.25) is 0 Å². The Balaban J connectivity index is 1.67. The maximum absolute atomic E-state index is 5.41. The minimum atomic E-state index is 0.679. The zero-order chi connectivity index (χ0) is 17.9. The molecule has 26 heavy (non-hydrogen) atoms. The molecule has 0 radical (unpaired) electrons. The van der Waals surface area contributed by atoms with Gasteiger partial charge in [0.15, 0.2) is 17.3 Å². The second-order valence-electron chi connectivity index (χ2n) is 5.99. The van der Waals surface area contributed by atoms with Crippen molar-refractivity contribution in [2.75, 3.05) is 26.1 Å². The normalized spacial score (nSPS) is 11.0. The molecule has 0 saturated carbocycles. The molecule has 6 nitrogen and oxygen atoms in total. The maximum Gasteiger partial charge on any atom is 0.162 e. The van der Waals surface area contributed by atoms with Gasteiger partial charge in [0.1, 0.15) is 17.4 Å². The van der Waals surface area contributed by atoms with Crippen molar-refractivity contribution in [3.05, 3.63) is 54.4 Å². The Bertz CT molecular complexity index is 1040. The Morgan fingerprint density at radius 1 is 1.00 bits per heavy atom. The van der Waals surface area contributed by atoms with E-state index in [1.807, 2.05) is 18.2 Å². The first-order valence-electron chi connectivity index (χ1n) is 8.46. The third kappa shape index (κ3) is 2.90. The van der Waals surface area contributed by atoms with Crippen molar-refractivity contribution >= 4 is 27.8 Å². The van der Waals surface area contributed by atoms with Crippen LogP contribution in [0, 0.1) is 0 Å². The number of benzene rings is 2. The lowest BCUT2D eigenvalue weighted by Crippen LogP contribution is -2.06. The van der Waals surface area contributed by atoms with Gasteiger partial charge in [-0.15, -0.1) is 0 Å². The van der Waals surface area contributed by atoms with Gasteiger partial charge in [0.2, 0.25) is 0 Å². The van der Waals surface area contributed by atoms with Crippen LogP contribution in [-0.2, 0) is 6.42 Å². The molecule has 4 aromatic rings. The molecular formula is C20H20N4O2. The molecule has 0 saturated heterocycles. The largest absolute Gasteiger partial charge is 0.493 e. The van der Waals surface area contributed by atoms with Crippen LogP contribution >= 0.6 is 0 Å². The van der Waals surface area contributed by atoms with Crippen molar-refractivity contribution in [3.63, 3.8) is 0 Å². The molecule has 6 heteroatoms. The number of nitrogens with zero attached hydrogens (tertiary/aromatic N) is 2. The maximum atomic E-state index is 5.41. The van der Waals surface area contributed by atoms with E-state index in [0.717, 1.165) is 40.7 Å². The van der Waals surface area contributed by atoms with Crippen LogP contribution in [0.5, 0.6) is 11.5 Å². The van der Waals surface area contributed by atoms with Crippen molar-refractivity contribution in [2.45, 2.75) is 6.42 Å². The standard InChI is InChI=1S/C20H20N4O2/c1-25-16-10-14-15(11-17(16)26-2)24-19-18(14)22-12-23-20(19)21-9-8-13-6-4-3-5-7-13/h3-7,10-12,24H,8-9H2,1-2H3,(H,21,22,23). The lowest BCUT2D eigenvalue weighted by Gasteiger charge is -2.07. The summed E-state index contributed by atoms with van der Waals surface area (Å²) in [5.74, 6) is 2.15. The fraction of sp³-hybridized carbons (Fsp3) is 0.200. The number of methoxy groups -OCH3 is 2. The zero-order valence-electron chi connectivity index (χ0n) is 14.7. The molecule has 2 aromatic carbocycles. The minimum absolute atomic E-state index is 0.679. The van der Waals surface area contributed by atoms with Crippen molar-refractivity contribution in [3.8, 4) is 11.5 Å². The molecule has 0 bridgehead atoms. The molecule has 132 valence electrons. The van der Waals surface area contributed by atoms with Gasteiger partial charge in [-0.3, -0.25) is 0 Å². The average Bonchev–Trinajstić information content (AvgIpc) is 3.06. The van der Waals surface area contributed by atoms with Gasteiger partial charge < -0.3 is 19.8 Å². The summed E-state index contributed by atoms with van der Waals surface area (Å²) in [6, 6.07) is 14.2. The van der Waals surface area contributed by atoms with Crippen LogP contribution in [0.25, 0.3) is 21.9 Å². The summed E-state index contributed by atoms with van der Waals surface area (Å²) in [7, 11) is 3.26. The van der Waals surface area contributed by atoms with Crippen molar-refractivity contribution in [2.24, 2.45) is 0 Å². The molecule has 0 unspecified atom stereocenters. The second kappa shape index (κ2) is 6.92. The number of anilines is 1. The first kappa shape index (κ1) is 16.2. The van der Waals surface area contributed by atoms with Gasteiger partial charge in [0.25, 0.3) is 0 Å².